The quantitative estimate of drug-likeness (QED) is 0.481. The van der Waals surface area contributed by atoms with Crippen molar-refractivity contribution in [3.05, 3.63) is 12.7 Å². The second-order valence-electron chi connectivity index (χ2n) is 4.52. The van der Waals surface area contributed by atoms with Gasteiger partial charge in [-0.15, -0.1) is 6.58 Å². The monoisotopic (exact) mass is 180 g/mol. The maximum absolute atomic E-state index is 11.6. The maximum Gasteiger partial charge on any atom is 0.311 e. The van der Waals surface area contributed by atoms with Crippen molar-refractivity contribution in [2.75, 3.05) is 7.11 Å². The first-order valence-corrected chi connectivity index (χ1v) is 4.88. The number of allylic oxidation sites excluding steroid dienone is 1. The SMILES string of the molecule is C=CC12CCC(C(=O)OC)(CC1)C2. The van der Waals surface area contributed by atoms with Crippen LogP contribution < -0.4 is 0 Å². The highest BCUT2D eigenvalue weighted by atomic mass is 16.5. The van der Waals surface area contributed by atoms with Crippen LogP contribution in [-0.4, -0.2) is 13.1 Å². The molecule has 0 aromatic heterocycles. The van der Waals surface area contributed by atoms with Crippen molar-refractivity contribution in [1.29, 1.82) is 0 Å². The Labute approximate surface area is 79.0 Å². The summed E-state index contributed by atoms with van der Waals surface area (Å²) in [6.45, 7) is 3.88. The third kappa shape index (κ3) is 1.04. The molecule has 0 unspecified atom stereocenters. The van der Waals surface area contributed by atoms with Crippen LogP contribution in [0, 0.1) is 10.8 Å². The normalized spacial score (nSPS) is 41.9. The third-order valence-corrected chi connectivity index (χ3v) is 3.94. The van der Waals surface area contributed by atoms with Gasteiger partial charge in [-0.05, 0) is 37.5 Å². The molecule has 0 aromatic carbocycles. The first-order chi connectivity index (χ1) is 6.16. The van der Waals surface area contributed by atoms with Crippen molar-refractivity contribution in [1.82, 2.24) is 0 Å². The van der Waals surface area contributed by atoms with Crippen LogP contribution in [0.2, 0.25) is 0 Å². The molecular weight excluding hydrogens is 164 g/mol. The summed E-state index contributed by atoms with van der Waals surface area (Å²) >= 11 is 0. The van der Waals surface area contributed by atoms with E-state index in [0.717, 1.165) is 32.1 Å². The molecule has 72 valence electrons. The van der Waals surface area contributed by atoms with Crippen LogP contribution in [0.5, 0.6) is 0 Å². The number of fused-ring (bicyclic) bond motifs is 2. The molecule has 2 aliphatic rings. The third-order valence-electron chi connectivity index (χ3n) is 3.94. The van der Waals surface area contributed by atoms with Gasteiger partial charge in [0.25, 0.3) is 0 Å². The summed E-state index contributed by atoms with van der Waals surface area (Å²) in [5, 5.41) is 0. The fraction of sp³-hybridized carbons (Fsp3) is 0.727. The highest BCUT2D eigenvalue weighted by molar-refractivity contribution is 5.78. The molecule has 0 spiro atoms. The predicted octanol–water partition coefficient (Wildman–Crippen LogP) is 2.30. The molecule has 2 rings (SSSR count). The zero-order valence-electron chi connectivity index (χ0n) is 8.14. The van der Waals surface area contributed by atoms with Crippen LogP contribution in [0.3, 0.4) is 0 Å². The summed E-state index contributed by atoms with van der Waals surface area (Å²) in [6, 6.07) is 0. The summed E-state index contributed by atoms with van der Waals surface area (Å²) in [5.41, 5.74) is 0.108. The number of hydrogen-bond donors (Lipinski definition) is 0. The molecule has 2 saturated carbocycles. The van der Waals surface area contributed by atoms with Crippen molar-refractivity contribution >= 4 is 5.97 Å². The molecule has 0 amide bonds. The minimum atomic E-state index is -0.150. The zero-order valence-corrected chi connectivity index (χ0v) is 8.14. The topological polar surface area (TPSA) is 26.3 Å². The molecule has 0 saturated heterocycles. The lowest BCUT2D eigenvalue weighted by molar-refractivity contribution is -0.152. The number of rotatable bonds is 2. The van der Waals surface area contributed by atoms with E-state index in [1.54, 1.807) is 0 Å². The average molecular weight is 180 g/mol. The molecular formula is C11H16O2. The van der Waals surface area contributed by atoms with Gasteiger partial charge in [0, 0.05) is 0 Å². The summed E-state index contributed by atoms with van der Waals surface area (Å²) in [6.07, 6.45) is 7.23. The Morgan fingerprint density at radius 3 is 2.38 bits per heavy atom. The molecule has 13 heavy (non-hydrogen) atoms. The molecule has 0 aromatic rings. The second kappa shape index (κ2) is 2.60. The Morgan fingerprint density at radius 1 is 1.38 bits per heavy atom. The standard InChI is InChI=1S/C11H16O2/c1-3-10-4-6-11(8-10,7-5-10)9(12)13-2/h3H,1,4-8H2,2H3. The Kier molecular flexibility index (Phi) is 1.76. The van der Waals surface area contributed by atoms with Gasteiger partial charge in [-0.25, -0.2) is 0 Å². The summed E-state index contributed by atoms with van der Waals surface area (Å²) < 4.78 is 4.87. The Balaban J connectivity index is 2.22. The molecule has 2 bridgehead atoms. The molecule has 2 aliphatic carbocycles. The average Bonchev–Trinajstić information content (AvgIpc) is 2.74. The van der Waals surface area contributed by atoms with Crippen LogP contribution in [-0.2, 0) is 9.53 Å². The lowest BCUT2D eigenvalue weighted by Crippen LogP contribution is -2.27. The van der Waals surface area contributed by atoms with Crippen LogP contribution in [0.1, 0.15) is 32.1 Å². The van der Waals surface area contributed by atoms with E-state index in [0.29, 0.717) is 0 Å². The maximum atomic E-state index is 11.6. The minimum Gasteiger partial charge on any atom is -0.469 e. The van der Waals surface area contributed by atoms with Crippen LogP contribution in [0.25, 0.3) is 0 Å². The van der Waals surface area contributed by atoms with Gasteiger partial charge in [0.15, 0.2) is 0 Å². The number of carbonyl (C=O) groups excluding carboxylic acids is 1. The number of esters is 1. The second-order valence-corrected chi connectivity index (χ2v) is 4.52. The van der Waals surface area contributed by atoms with Gasteiger partial charge in [0.05, 0.1) is 12.5 Å². The van der Waals surface area contributed by atoms with Crippen molar-refractivity contribution in [2.24, 2.45) is 10.8 Å². The number of methoxy groups -OCH3 is 1. The summed E-state index contributed by atoms with van der Waals surface area (Å²) in [4.78, 5) is 11.6. The van der Waals surface area contributed by atoms with E-state index < -0.39 is 0 Å². The lowest BCUT2D eigenvalue weighted by atomic mass is 9.82. The van der Waals surface area contributed by atoms with E-state index in [1.807, 2.05) is 6.08 Å². The van der Waals surface area contributed by atoms with E-state index in [2.05, 4.69) is 6.58 Å². The highest BCUT2D eigenvalue weighted by Gasteiger charge is 2.57. The highest BCUT2D eigenvalue weighted by Crippen LogP contribution is 2.62. The number of hydrogen-bond acceptors (Lipinski definition) is 2. The van der Waals surface area contributed by atoms with Crippen LogP contribution in [0.4, 0.5) is 0 Å². The van der Waals surface area contributed by atoms with Gasteiger partial charge < -0.3 is 4.74 Å². The Morgan fingerprint density at radius 2 is 2.00 bits per heavy atom. The number of ether oxygens (including phenoxy) is 1. The predicted molar refractivity (Wildman–Crippen MR) is 50.2 cm³/mol. The van der Waals surface area contributed by atoms with Gasteiger partial charge in [-0.1, -0.05) is 6.08 Å². The molecule has 0 N–H and O–H groups in total. The Hall–Kier alpha value is -0.790. The van der Waals surface area contributed by atoms with Crippen molar-refractivity contribution < 1.29 is 9.53 Å². The first kappa shape index (κ1) is 8.79. The smallest absolute Gasteiger partial charge is 0.311 e. The van der Waals surface area contributed by atoms with Gasteiger partial charge in [-0.2, -0.15) is 0 Å². The molecule has 2 fully saturated rings. The van der Waals surface area contributed by atoms with Gasteiger partial charge in [0.2, 0.25) is 0 Å². The van der Waals surface area contributed by atoms with E-state index >= 15 is 0 Å². The largest absolute Gasteiger partial charge is 0.469 e. The lowest BCUT2D eigenvalue weighted by Gasteiger charge is -2.23. The number of carbonyl (C=O) groups is 1. The molecule has 0 atom stereocenters. The van der Waals surface area contributed by atoms with Gasteiger partial charge in [0.1, 0.15) is 0 Å². The molecule has 2 nitrogen and oxygen atoms in total. The molecule has 0 radical (unpaired) electrons. The fourth-order valence-electron chi connectivity index (χ4n) is 3.02. The van der Waals surface area contributed by atoms with Crippen molar-refractivity contribution in [2.45, 2.75) is 32.1 Å². The Bertz CT molecular complexity index is 247. The van der Waals surface area contributed by atoms with Crippen LogP contribution in [0.15, 0.2) is 12.7 Å². The van der Waals surface area contributed by atoms with E-state index in [1.165, 1.54) is 7.11 Å². The van der Waals surface area contributed by atoms with Gasteiger partial charge in [-0.3, -0.25) is 4.79 Å². The van der Waals surface area contributed by atoms with E-state index in [-0.39, 0.29) is 16.8 Å². The van der Waals surface area contributed by atoms with E-state index in [9.17, 15) is 4.79 Å². The first-order valence-electron chi connectivity index (χ1n) is 4.88. The van der Waals surface area contributed by atoms with Crippen molar-refractivity contribution in [3.63, 3.8) is 0 Å². The fourth-order valence-corrected chi connectivity index (χ4v) is 3.02. The summed E-state index contributed by atoms with van der Waals surface area (Å²) in [5.74, 6) is -0.00581. The van der Waals surface area contributed by atoms with Crippen LogP contribution >= 0.6 is 0 Å². The minimum absolute atomic E-state index is 0.00581. The molecule has 0 heterocycles. The van der Waals surface area contributed by atoms with Crippen molar-refractivity contribution in [3.8, 4) is 0 Å². The molecule has 0 aliphatic heterocycles. The van der Waals surface area contributed by atoms with Gasteiger partial charge >= 0.3 is 5.97 Å². The zero-order chi connectivity index (χ0) is 9.53. The summed E-state index contributed by atoms with van der Waals surface area (Å²) in [7, 11) is 1.49. The molecule has 2 heteroatoms. The van der Waals surface area contributed by atoms with E-state index in [4.69, 9.17) is 4.74 Å².